The first-order valence-corrected chi connectivity index (χ1v) is 10.9. The molecule has 3 rings (SSSR count). The Morgan fingerprint density at radius 3 is 2.69 bits per heavy atom. The topological polar surface area (TPSA) is 75.6 Å². The van der Waals surface area contributed by atoms with Gasteiger partial charge >= 0.3 is 5.97 Å². The average Bonchev–Trinajstić information content (AvgIpc) is 3.16. The summed E-state index contributed by atoms with van der Waals surface area (Å²) < 4.78 is 9.37. The fourth-order valence-corrected chi connectivity index (χ4v) is 4.16. The van der Waals surface area contributed by atoms with Crippen molar-refractivity contribution in [3.05, 3.63) is 40.7 Å². The van der Waals surface area contributed by atoms with E-state index >= 15 is 0 Å². The Bertz CT molecular complexity index is 843. The Labute approximate surface area is 179 Å². The van der Waals surface area contributed by atoms with Gasteiger partial charge in [-0.25, -0.2) is 4.98 Å². The van der Waals surface area contributed by atoms with Gasteiger partial charge in [-0.3, -0.25) is 9.59 Å². The van der Waals surface area contributed by atoms with Gasteiger partial charge in [0.05, 0.1) is 13.0 Å². The van der Waals surface area contributed by atoms with Gasteiger partial charge in [-0.1, -0.05) is 23.7 Å². The molecule has 1 amide bonds. The second kappa shape index (κ2) is 10.0. The predicted octanol–water partition coefficient (Wildman–Crippen LogP) is 3.16. The lowest BCUT2D eigenvalue weighted by Crippen LogP contribution is -2.54. The summed E-state index contributed by atoms with van der Waals surface area (Å²) in [5, 5.41) is 1.59. The number of hydrogen-bond acceptors (Lipinski definition) is 7. The molecule has 1 aromatic carbocycles. The lowest BCUT2D eigenvalue weighted by Gasteiger charge is -2.39. The normalized spacial score (nSPS) is 16.7. The number of benzene rings is 1. The molecular weight excluding hydrogens is 412 g/mol. The van der Waals surface area contributed by atoms with Gasteiger partial charge < -0.3 is 14.5 Å². The first kappa shape index (κ1) is 21.5. The molecule has 1 atom stereocenters. The molecule has 1 unspecified atom stereocenters. The third-order valence-electron chi connectivity index (χ3n) is 4.80. The molecule has 0 spiro atoms. The van der Waals surface area contributed by atoms with Crippen molar-refractivity contribution in [2.24, 2.45) is 0 Å². The van der Waals surface area contributed by atoms with Crippen molar-refractivity contribution in [2.45, 2.75) is 39.2 Å². The highest BCUT2D eigenvalue weighted by Gasteiger charge is 2.29. The van der Waals surface area contributed by atoms with Gasteiger partial charge in [0.2, 0.25) is 11.0 Å². The van der Waals surface area contributed by atoms with Crippen LogP contribution in [0.5, 0.6) is 0 Å². The van der Waals surface area contributed by atoms with Crippen molar-refractivity contribution in [1.82, 2.24) is 14.3 Å². The zero-order valence-corrected chi connectivity index (χ0v) is 18.2. The van der Waals surface area contributed by atoms with Crippen LogP contribution in [0.2, 0.25) is 5.02 Å². The molecule has 1 saturated heterocycles. The maximum Gasteiger partial charge on any atom is 0.306 e. The first-order valence-electron chi connectivity index (χ1n) is 9.73. The van der Waals surface area contributed by atoms with E-state index in [2.05, 4.69) is 14.3 Å². The molecule has 2 aromatic rings. The highest BCUT2D eigenvalue weighted by atomic mass is 35.5. The van der Waals surface area contributed by atoms with Crippen LogP contribution >= 0.6 is 23.1 Å². The smallest absolute Gasteiger partial charge is 0.306 e. The molecule has 0 bridgehead atoms. The molecular formula is C20H25ClN4O3S. The molecule has 1 aliphatic rings. The van der Waals surface area contributed by atoms with Gasteiger partial charge in [-0.05, 0) is 31.5 Å². The molecule has 0 aliphatic carbocycles. The standard InChI is InChI=1S/C20H25ClN4O3S/c1-3-28-19(27)9-8-18(26)25-11-10-24(13-14(25)2)20-22-17(23-29-20)12-15-4-6-16(21)7-5-15/h4-7,14H,3,8-13H2,1-2H3. The molecule has 156 valence electrons. The molecule has 2 heterocycles. The fraction of sp³-hybridized carbons (Fsp3) is 0.500. The molecule has 1 aliphatic heterocycles. The minimum Gasteiger partial charge on any atom is -0.466 e. The SMILES string of the molecule is CCOC(=O)CCC(=O)N1CCN(c2nc(Cc3ccc(Cl)cc3)ns2)CC1C. The molecule has 0 saturated carbocycles. The number of amides is 1. The number of nitrogens with zero attached hydrogens (tertiary/aromatic N) is 4. The van der Waals surface area contributed by atoms with Crippen molar-refractivity contribution >= 4 is 40.1 Å². The number of rotatable bonds is 7. The van der Waals surface area contributed by atoms with Crippen LogP contribution in [0, 0.1) is 0 Å². The van der Waals surface area contributed by atoms with Crippen LogP contribution in [0.25, 0.3) is 0 Å². The number of aromatic nitrogens is 2. The van der Waals surface area contributed by atoms with E-state index in [1.54, 1.807) is 6.92 Å². The Kier molecular flexibility index (Phi) is 7.44. The minimum atomic E-state index is -0.325. The molecule has 7 nitrogen and oxygen atoms in total. The van der Waals surface area contributed by atoms with Gasteiger partial charge in [-0.15, -0.1) is 0 Å². The van der Waals surface area contributed by atoms with Crippen LogP contribution in [0.1, 0.15) is 38.1 Å². The summed E-state index contributed by atoms with van der Waals surface area (Å²) in [6.45, 7) is 6.12. The van der Waals surface area contributed by atoms with Gasteiger partial charge in [0.25, 0.3) is 0 Å². The van der Waals surface area contributed by atoms with E-state index in [4.69, 9.17) is 16.3 Å². The molecule has 1 fully saturated rings. The zero-order chi connectivity index (χ0) is 20.8. The number of anilines is 1. The summed E-state index contributed by atoms with van der Waals surface area (Å²) in [4.78, 5) is 32.6. The van der Waals surface area contributed by atoms with E-state index in [-0.39, 0.29) is 30.8 Å². The maximum absolute atomic E-state index is 12.5. The van der Waals surface area contributed by atoms with Crippen LogP contribution < -0.4 is 4.90 Å². The monoisotopic (exact) mass is 436 g/mol. The Hall–Kier alpha value is -2.19. The summed E-state index contributed by atoms with van der Waals surface area (Å²) in [5.41, 5.74) is 1.11. The molecule has 9 heteroatoms. The van der Waals surface area contributed by atoms with Crippen LogP contribution in [-0.4, -0.2) is 58.4 Å². The van der Waals surface area contributed by atoms with Crippen molar-refractivity contribution in [3.8, 4) is 0 Å². The van der Waals surface area contributed by atoms with Crippen molar-refractivity contribution in [2.75, 3.05) is 31.1 Å². The highest BCUT2D eigenvalue weighted by Crippen LogP contribution is 2.23. The summed E-state index contributed by atoms with van der Waals surface area (Å²) >= 11 is 7.31. The molecule has 0 N–H and O–H groups in total. The summed E-state index contributed by atoms with van der Waals surface area (Å²) in [5.74, 6) is 0.452. The maximum atomic E-state index is 12.5. The van der Waals surface area contributed by atoms with Crippen molar-refractivity contribution < 1.29 is 14.3 Å². The third kappa shape index (κ3) is 5.90. The largest absolute Gasteiger partial charge is 0.466 e. The van der Waals surface area contributed by atoms with E-state index in [9.17, 15) is 9.59 Å². The second-order valence-electron chi connectivity index (χ2n) is 6.98. The third-order valence-corrected chi connectivity index (χ3v) is 5.87. The molecule has 29 heavy (non-hydrogen) atoms. The zero-order valence-electron chi connectivity index (χ0n) is 16.6. The minimum absolute atomic E-state index is 0.00843. The van der Waals surface area contributed by atoms with E-state index in [0.717, 1.165) is 16.5 Å². The number of carbonyl (C=O) groups is 2. The molecule has 0 radical (unpaired) electrons. The predicted molar refractivity (Wildman–Crippen MR) is 113 cm³/mol. The Morgan fingerprint density at radius 2 is 2.00 bits per heavy atom. The lowest BCUT2D eigenvalue weighted by molar-refractivity contribution is -0.146. The highest BCUT2D eigenvalue weighted by molar-refractivity contribution is 7.09. The van der Waals surface area contributed by atoms with E-state index in [0.29, 0.717) is 37.7 Å². The van der Waals surface area contributed by atoms with Crippen molar-refractivity contribution in [1.29, 1.82) is 0 Å². The summed E-state index contributed by atoms with van der Waals surface area (Å²) in [7, 11) is 0. The quantitative estimate of drug-likeness (QED) is 0.620. The summed E-state index contributed by atoms with van der Waals surface area (Å²) in [6.07, 6.45) is 0.979. The van der Waals surface area contributed by atoms with Crippen LogP contribution in [0.15, 0.2) is 24.3 Å². The van der Waals surface area contributed by atoms with Gasteiger partial charge in [0.1, 0.15) is 5.82 Å². The van der Waals surface area contributed by atoms with Gasteiger partial charge in [-0.2, -0.15) is 4.37 Å². The van der Waals surface area contributed by atoms with E-state index < -0.39 is 0 Å². The Morgan fingerprint density at radius 1 is 1.24 bits per heavy atom. The van der Waals surface area contributed by atoms with Crippen LogP contribution in [-0.2, 0) is 20.7 Å². The second-order valence-corrected chi connectivity index (χ2v) is 8.15. The number of carbonyl (C=O) groups excluding carboxylic acids is 2. The first-order chi connectivity index (χ1) is 14.0. The lowest BCUT2D eigenvalue weighted by atomic mass is 10.1. The van der Waals surface area contributed by atoms with Crippen molar-refractivity contribution in [3.63, 3.8) is 0 Å². The van der Waals surface area contributed by atoms with Crippen LogP contribution in [0.3, 0.4) is 0 Å². The average molecular weight is 437 g/mol. The van der Waals surface area contributed by atoms with E-state index in [1.807, 2.05) is 36.1 Å². The summed E-state index contributed by atoms with van der Waals surface area (Å²) in [6, 6.07) is 7.73. The number of esters is 1. The number of ether oxygens (including phenoxy) is 1. The molecule has 1 aromatic heterocycles. The Balaban J connectivity index is 1.53. The number of halogens is 1. The van der Waals surface area contributed by atoms with E-state index in [1.165, 1.54) is 11.5 Å². The number of hydrogen-bond donors (Lipinski definition) is 0. The fourth-order valence-electron chi connectivity index (χ4n) is 3.32. The van der Waals surface area contributed by atoms with Gasteiger partial charge in [0.15, 0.2) is 0 Å². The van der Waals surface area contributed by atoms with Gasteiger partial charge in [0, 0.05) is 55.1 Å². The number of piperazine rings is 1. The van der Waals surface area contributed by atoms with Crippen LogP contribution in [0.4, 0.5) is 5.13 Å².